The molecule has 0 spiro atoms. The highest BCUT2D eigenvalue weighted by atomic mass is 16.5. The van der Waals surface area contributed by atoms with Crippen LogP contribution in [-0.2, 0) is 16.2 Å². The van der Waals surface area contributed by atoms with E-state index >= 15 is 0 Å². The molecular weight excluding hydrogens is 520 g/mol. The molecule has 0 aromatic heterocycles. The van der Waals surface area contributed by atoms with Crippen LogP contribution in [0, 0.1) is 0 Å². The van der Waals surface area contributed by atoms with Gasteiger partial charge < -0.3 is 14.2 Å². The zero-order chi connectivity index (χ0) is 28.8. The van der Waals surface area contributed by atoms with Crippen molar-refractivity contribution in [3.8, 4) is 17.2 Å². The molecular formula is C33H30N2O6. The Kier molecular flexibility index (Phi) is 8.29. The second-order valence-electron chi connectivity index (χ2n) is 9.37. The maximum atomic E-state index is 13.3. The molecule has 1 saturated heterocycles. The van der Waals surface area contributed by atoms with E-state index in [9.17, 15) is 14.4 Å². The van der Waals surface area contributed by atoms with Gasteiger partial charge in [-0.3, -0.25) is 14.9 Å². The maximum absolute atomic E-state index is 13.3. The molecule has 0 atom stereocenters. The lowest BCUT2D eigenvalue weighted by atomic mass is 10.1. The average molecular weight is 551 g/mol. The lowest BCUT2D eigenvalue weighted by Crippen LogP contribution is -2.54. The SMILES string of the molecule is CCCOc1ccc(N2C(=O)NC(=O)/C(=C/c3ccc(OCc4cccc5ccccc45)c(OCC)c3)C2=O)cc1. The van der Waals surface area contributed by atoms with Crippen LogP contribution >= 0.6 is 0 Å². The summed E-state index contributed by atoms with van der Waals surface area (Å²) in [5.74, 6) is 0.132. The molecule has 4 aromatic carbocycles. The molecule has 0 saturated carbocycles. The molecule has 1 aliphatic heterocycles. The summed E-state index contributed by atoms with van der Waals surface area (Å²) in [6, 6.07) is 25.1. The van der Waals surface area contributed by atoms with Crippen LogP contribution in [0.3, 0.4) is 0 Å². The summed E-state index contributed by atoms with van der Waals surface area (Å²) >= 11 is 0. The van der Waals surface area contributed by atoms with Crippen molar-refractivity contribution in [1.29, 1.82) is 0 Å². The maximum Gasteiger partial charge on any atom is 0.335 e. The topological polar surface area (TPSA) is 94.2 Å². The first-order valence-corrected chi connectivity index (χ1v) is 13.5. The minimum Gasteiger partial charge on any atom is -0.494 e. The second kappa shape index (κ2) is 12.4. The standard InChI is InChI=1S/C33H30N2O6/c1-3-18-40-26-15-13-25(14-16-26)35-32(37)28(31(36)34-33(35)38)19-22-12-17-29(30(20-22)39-4-2)41-21-24-10-7-9-23-8-5-6-11-27(23)24/h5-17,19-20H,3-4,18,21H2,1-2H3,(H,34,36,38)/b28-19-. The van der Waals surface area contributed by atoms with Gasteiger partial charge in [0.25, 0.3) is 11.8 Å². The average Bonchev–Trinajstić information content (AvgIpc) is 2.98. The molecule has 0 unspecified atom stereocenters. The van der Waals surface area contributed by atoms with Crippen molar-refractivity contribution in [3.63, 3.8) is 0 Å². The van der Waals surface area contributed by atoms with Crippen molar-refractivity contribution in [2.24, 2.45) is 0 Å². The Morgan fingerprint density at radius 1 is 0.805 bits per heavy atom. The second-order valence-corrected chi connectivity index (χ2v) is 9.37. The van der Waals surface area contributed by atoms with Gasteiger partial charge in [0.2, 0.25) is 0 Å². The fourth-order valence-corrected chi connectivity index (χ4v) is 4.55. The number of barbiturate groups is 1. The number of urea groups is 1. The van der Waals surface area contributed by atoms with E-state index < -0.39 is 17.8 Å². The normalized spacial score (nSPS) is 14.3. The van der Waals surface area contributed by atoms with Gasteiger partial charge in [0.15, 0.2) is 11.5 Å². The molecule has 1 aliphatic rings. The van der Waals surface area contributed by atoms with Gasteiger partial charge >= 0.3 is 6.03 Å². The van der Waals surface area contributed by atoms with Crippen LogP contribution in [0.4, 0.5) is 10.5 Å². The van der Waals surface area contributed by atoms with Crippen molar-refractivity contribution in [3.05, 3.63) is 102 Å². The van der Waals surface area contributed by atoms with Gasteiger partial charge in [-0.05, 0) is 77.7 Å². The summed E-state index contributed by atoms with van der Waals surface area (Å²) in [5.41, 5.74) is 1.72. The number of nitrogens with zero attached hydrogens (tertiary/aromatic N) is 1. The summed E-state index contributed by atoms with van der Waals surface area (Å²) in [7, 11) is 0. The van der Waals surface area contributed by atoms with Gasteiger partial charge in [-0.25, -0.2) is 9.69 Å². The van der Waals surface area contributed by atoms with Gasteiger partial charge in [-0.2, -0.15) is 0 Å². The first-order valence-electron chi connectivity index (χ1n) is 13.5. The summed E-state index contributed by atoms with van der Waals surface area (Å²) in [4.78, 5) is 39.6. The van der Waals surface area contributed by atoms with Crippen molar-refractivity contribution >= 4 is 40.4 Å². The Bertz CT molecular complexity index is 1620. The summed E-state index contributed by atoms with van der Waals surface area (Å²) in [6.07, 6.45) is 2.29. The fourth-order valence-electron chi connectivity index (χ4n) is 4.55. The summed E-state index contributed by atoms with van der Waals surface area (Å²) in [6.45, 7) is 5.15. The summed E-state index contributed by atoms with van der Waals surface area (Å²) < 4.78 is 17.5. The molecule has 4 amide bonds. The minimum absolute atomic E-state index is 0.178. The number of hydrogen-bond acceptors (Lipinski definition) is 6. The third-order valence-corrected chi connectivity index (χ3v) is 6.51. The predicted octanol–water partition coefficient (Wildman–Crippen LogP) is 6.27. The number of carbonyl (C=O) groups excluding carboxylic acids is 3. The summed E-state index contributed by atoms with van der Waals surface area (Å²) in [5, 5.41) is 4.49. The lowest BCUT2D eigenvalue weighted by Gasteiger charge is -2.26. The number of hydrogen-bond donors (Lipinski definition) is 1. The van der Waals surface area contributed by atoms with E-state index in [4.69, 9.17) is 14.2 Å². The number of carbonyl (C=O) groups is 3. The molecule has 0 radical (unpaired) electrons. The Morgan fingerprint density at radius 3 is 2.37 bits per heavy atom. The number of anilines is 1. The van der Waals surface area contributed by atoms with Crippen LogP contribution in [0.15, 0.2) is 90.5 Å². The number of ether oxygens (including phenoxy) is 3. The third-order valence-electron chi connectivity index (χ3n) is 6.51. The number of rotatable bonds is 10. The zero-order valence-corrected chi connectivity index (χ0v) is 22.9. The first-order chi connectivity index (χ1) is 20.0. The molecule has 41 heavy (non-hydrogen) atoms. The highest BCUT2D eigenvalue weighted by Crippen LogP contribution is 2.32. The molecule has 208 valence electrons. The van der Waals surface area contributed by atoms with Crippen molar-refractivity contribution in [1.82, 2.24) is 5.32 Å². The van der Waals surface area contributed by atoms with Crippen LogP contribution in [0.5, 0.6) is 17.2 Å². The molecule has 8 heteroatoms. The van der Waals surface area contributed by atoms with E-state index in [1.807, 2.05) is 38.1 Å². The molecule has 5 rings (SSSR count). The largest absolute Gasteiger partial charge is 0.494 e. The molecule has 8 nitrogen and oxygen atoms in total. The highest BCUT2D eigenvalue weighted by molar-refractivity contribution is 6.39. The Labute approximate surface area is 238 Å². The first kappa shape index (κ1) is 27.5. The number of imide groups is 2. The van der Waals surface area contributed by atoms with Gasteiger partial charge in [0, 0.05) is 0 Å². The van der Waals surface area contributed by atoms with Crippen molar-refractivity contribution < 1.29 is 28.6 Å². The molecule has 0 bridgehead atoms. The smallest absolute Gasteiger partial charge is 0.335 e. The minimum atomic E-state index is -0.813. The van der Waals surface area contributed by atoms with Crippen molar-refractivity contribution in [2.45, 2.75) is 26.9 Å². The molecule has 1 fully saturated rings. The quantitative estimate of drug-likeness (QED) is 0.185. The van der Waals surface area contributed by atoms with Crippen LogP contribution < -0.4 is 24.4 Å². The highest BCUT2D eigenvalue weighted by Gasteiger charge is 2.36. The van der Waals surface area contributed by atoms with E-state index in [1.54, 1.807) is 42.5 Å². The molecule has 0 aliphatic carbocycles. The van der Waals surface area contributed by atoms with E-state index in [-0.39, 0.29) is 5.57 Å². The lowest BCUT2D eigenvalue weighted by molar-refractivity contribution is -0.122. The fraction of sp³-hybridized carbons (Fsp3) is 0.182. The Morgan fingerprint density at radius 2 is 1.59 bits per heavy atom. The Balaban J connectivity index is 1.38. The van der Waals surface area contributed by atoms with Gasteiger partial charge in [0.1, 0.15) is 17.9 Å². The van der Waals surface area contributed by atoms with Gasteiger partial charge in [-0.15, -0.1) is 0 Å². The van der Waals surface area contributed by atoms with E-state index in [0.29, 0.717) is 48.3 Å². The van der Waals surface area contributed by atoms with E-state index in [0.717, 1.165) is 27.7 Å². The van der Waals surface area contributed by atoms with E-state index in [1.165, 1.54) is 6.08 Å². The monoisotopic (exact) mass is 550 g/mol. The number of amides is 4. The zero-order valence-electron chi connectivity index (χ0n) is 22.9. The van der Waals surface area contributed by atoms with E-state index in [2.05, 4.69) is 23.5 Å². The van der Waals surface area contributed by atoms with Crippen LogP contribution in [0.2, 0.25) is 0 Å². The van der Waals surface area contributed by atoms with Crippen molar-refractivity contribution in [2.75, 3.05) is 18.1 Å². The van der Waals surface area contributed by atoms with Gasteiger partial charge in [-0.1, -0.05) is 55.5 Å². The van der Waals surface area contributed by atoms with Gasteiger partial charge in [0.05, 0.1) is 18.9 Å². The Hall–Kier alpha value is -5.11. The van der Waals surface area contributed by atoms with Crippen LogP contribution in [0.25, 0.3) is 16.8 Å². The number of fused-ring (bicyclic) bond motifs is 1. The molecule has 1 heterocycles. The van der Waals surface area contributed by atoms with Crippen LogP contribution in [0.1, 0.15) is 31.4 Å². The number of nitrogens with one attached hydrogen (secondary N) is 1. The number of benzene rings is 4. The van der Waals surface area contributed by atoms with Crippen LogP contribution in [-0.4, -0.2) is 31.1 Å². The predicted molar refractivity (Wildman–Crippen MR) is 157 cm³/mol. The molecule has 4 aromatic rings. The molecule has 1 N–H and O–H groups in total. The third kappa shape index (κ3) is 6.06.